The van der Waals surface area contributed by atoms with E-state index in [0.29, 0.717) is 10.6 Å². The quantitative estimate of drug-likeness (QED) is 0.464. The van der Waals surface area contributed by atoms with Crippen molar-refractivity contribution in [3.8, 4) is 0 Å². The Morgan fingerprint density at radius 3 is 2.50 bits per heavy atom. The summed E-state index contributed by atoms with van der Waals surface area (Å²) < 4.78 is 52.1. The van der Waals surface area contributed by atoms with Crippen molar-refractivity contribution >= 4 is 28.4 Å². The summed E-state index contributed by atoms with van der Waals surface area (Å²) in [5.74, 6) is -0.707. The Kier molecular flexibility index (Phi) is 5.71. The first-order chi connectivity index (χ1) is 11.3. The molecule has 130 valence electrons. The molecule has 6 nitrogen and oxygen atoms in total. The molecule has 0 unspecified atom stereocenters. The van der Waals surface area contributed by atoms with Gasteiger partial charge in [0.2, 0.25) is 5.24 Å². The molecule has 0 saturated carbocycles. The maximum Gasteiger partial charge on any atom is 0.280 e. The fourth-order valence-electron chi connectivity index (χ4n) is 1.92. The molecule has 2 rings (SSSR count). The van der Waals surface area contributed by atoms with Crippen LogP contribution >= 0.6 is 11.6 Å². The predicted molar refractivity (Wildman–Crippen MR) is 75.3 cm³/mol. The minimum atomic E-state index is -3.07. The molecule has 2 heterocycles. The summed E-state index contributed by atoms with van der Waals surface area (Å²) in [5, 5.41) is 5.53. The van der Waals surface area contributed by atoms with Crippen LogP contribution < -0.4 is 5.32 Å². The van der Waals surface area contributed by atoms with Crippen LogP contribution in [-0.4, -0.2) is 32.3 Å². The Labute approximate surface area is 137 Å². The van der Waals surface area contributed by atoms with Gasteiger partial charge in [-0.2, -0.15) is 5.10 Å². The number of carbonyl (C=O) groups excluding carboxylic acids is 2. The zero-order chi connectivity index (χ0) is 17.9. The Morgan fingerprint density at radius 1 is 1.21 bits per heavy atom. The van der Waals surface area contributed by atoms with Gasteiger partial charge in [-0.25, -0.2) is 27.1 Å². The number of fused-ring (bicyclic) bond motifs is 1. The van der Waals surface area contributed by atoms with Crippen molar-refractivity contribution < 1.29 is 27.2 Å². The molecule has 0 aliphatic rings. The standard InChI is InChI=1S/C13H11ClF4N4O2/c14-9(23)2-1-3-19-13(24)7-5-10-20-6(11(15)16)4-8(12(17)18)22(10)21-7/h4-5,11-12H,1-3H2,(H,19,24). The number of alkyl halides is 4. The lowest BCUT2D eigenvalue weighted by Crippen LogP contribution is -2.25. The molecule has 0 saturated heterocycles. The zero-order valence-corrected chi connectivity index (χ0v) is 12.7. The SMILES string of the molecule is O=C(Cl)CCCNC(=O)c1cc2nc(C(F)F)cc(C(F)F)n2n1. The first-order valence-electron chi connectivity index (χ1n) is 6.73. The molecule has 2 aromatic heterocycles. The van der Waals surface area contributed by atoms with E-state index in [-0.39, 0.29) is 30.7 Å². The number of amides is 1. The number of carbonyl (C=O) groups is 2. The summed E-state index contributed by atoms with van der Waals surface area (Å²) in [5.41, 5.74) is -2.16. The fraction of sp³-hybridized carbons (Fsp3) is 0.385. The van der Waals surface area contributed by atoms with Crippen molar-refractivity contribution in [1.82, 2.24) is 19.9 Å². The number of hydrogen-bond donors (Lipinski definition) is 1. The number of rotatable bonds is 7. The van der Waals surface area contributed by atoms with E-state index in [1.165, 1.54) is 0 Å². The van der Waals surface area contributed by atoms with Gasteiger partial charge in [0, 0.05) is 19.0 Å². The van der Waals surface area contributed by atoms with Crippen LogP contribution in [0.4, 0.5) is 17.6 Å². The third-order valence-corrected chi connectivity index (χ3v) is 3.18. The topological polar surface area (TPSA) is 76.4 Å². The van der Waals surface area contributed by atoms with Crippen molar-refractivity contribution in [3.05, 3.63) is 29.2 Å². The molecule has 0 aromatic carbocycles. The van der Waals surface area contributed by atoms with Gasteiger partial charge in [-0.3, -0.25) is 9.59 Å². The maximum absolute atomic E-state index is 13.0. The maximum atomic E-state index is 13.0. The number of nitrogens with zero attached hydrogens (tertiary/aromatic N) is 3. The van der Waals surface area contributed by atoms with E-state index in [4.69, 9.17) is 11.6 Å². The molecular formula is C13H11ClF4N4O2. The van der Waals surface area contributed by atoms with Crippen LogP contribution in [0.5, 0.6) is 0 Å². The first-order valence-corrected chi connectivity index (χ1v) is 7.11. The Hall–Kier alpha value is -2.23. The molecule has 0 radical (unpaired) electrons. The average molecular weight is 367 g/mol. The lowest BCUT2D eigenvalue weighted by molar-refractivity contribution is -0.111. The molecule has 0 aliphatic heterocycles. The van der Waals surface area contributed by atoms with E-state index < -0.39 is 35.4 Å². The first kappa shape index (κ1) is 18.1. The van der Waals surface area contributed by atoms with Crippen molar-refractivity contribution in [2.45, 2.75) is 25.7 Å². The molecule has 2 aromatic rings. The molecule has 11 heteroatoms. The zero-order valence-electron chi connectivity index (χ0n) is 12.0. The second kappa shape index (κ2) is 7.56. The van der Waals surface area contributed by atoms with E-state index in [9.17, 15) is 27.2 Å². The highest BCUT2D eigenvalue weighted by Gasteiger charge is 2.21. The van der Waals surface area contributed by atoms with E-state index in [1.54, 1.807) is 0 Å². The van der Waals surface area contributed by atoms with Gasteiger partial charge in [0.1, 0.15) is 11.4 Å². The fourth-order valence-corrected chi connectivity index (χ4v) is 2.05. The van der Waals surface area contributed by atoms with Gasteiger partial charge in [-0.1, -0.05) is 0 Å². The van der Waals surface area contributed by atoms with Crippen LogP contribution in [-0.2, 0) is 4.79 Å². The minimum Gasteiger partial charge on any atom is -0.351 e. The third kappa shape index (κ3) is 4.19. The smallest absolute Gasteiger partial charge is 0.280 e. The molecule has 1 N–H and O–H groups in total. The van der Waals surface area contributed by atoms with Gasteiger partial charge in [0.15, 0.2) is 11.3 Å². The van der Waals surface area contributed by atoms with Crippen LogP contribution in [0.25, 0.3) is 5.65 Å². The summed E-state index contributed by atoms with van der Waals surface area (Å²) in [4.78, 5) is 26.0. The highest BCUT2D eigenvalue weighted by molar-refractivity contribution is 6.63. The van der Waals surface area contributed by atoms with Gasteiger partial charge in [0.25, 0.3) is 18.8 Å². The van der Waals surface area contributed by atoms with Crippen molar-refractivity contribution in [1.29, 1.82) is 0 Å². The third-order valence-electron chi connectivity index (χ3n) is 2.99. The second-order valence-corrected chi connectivity index (χ2v) is 5.14. The van der Waals surface area contributed by atoms with Crippen molar-refractivity contribution in [3.63, 3.8) is 0 Å². The summed E-state index contributed by atoms with van der Waals surface area (Å²) in [6, 6.07) is 1.57. The Balaban J connectivity index is 2.25. The lowest BCUT2D eigenvalue weighted by atomic mass is 10.3. The molecule has 24 heavy (non-hydrogen) atoms. The normalized spacial score (nSPS) is 11.5. The van der Waals surface area contributed by atoms with Gasteiger partial charge >= 0.3 is 0 Å². The van der Waals surface area contributed by atoms with Gasteiger partial charge < -0.3 is 5.32 Å². The Morgan fingerprint density at radius 2 is 1.92 bits per heavy atom. The summed E-state index contributed by atoms with van der Waals surface area (Å²) in [6.45, 7) is 0.114. The number of aromatic nitrogens is 3. The van der Waals surface area contributed by atoms with E-state index in [1.807, 2.05) is 0 Å². The summed E-state index contributed by atoms with van der Waals surface area (Å²) >= 11 is 5.14. The average Bonchev–Trinajstić information content (AvgIpc) is 2.93. The molecule has 0 aliphatic carbocycles. The van der Waals surface area contributed by atoms with Gasteiger partial charge in [0.05, 0.1) is 0 Å². The molecule has 1 amide bonds. The van der Waals surface area contributed by atoms with Crippen LogP contribution in [0.1, 0.15) is 47.6 Å². The van der Waals surface area contributed by atoms with Crippen molar-refractivity contribution in [2.75, 3.05) is 6.54 Å². The largest absolute Gasteiger partial charge is 0.351 e. The monoisotopic (exact) mass is 366 g/mol. The number of halogens is 5. The summed E-state index contributed by atoms with van der Waals surface area (Å²) in [6.07, 6.45) is -5.76. The van der Waals surface area contributed by atoms with Gasteiger partial charge in [-0.05, 0) is 24.1 Å². The van der Waals surface area contributed by atoms with E-state index in [2.05, 4.69) is 15.4 Å². The summed E-state index contributed by atoms with van der Waals surface area (Å²) in [7, 11) is 0. The Bertz CT molecular complexity index is 766. The molecular weight excluding hydrogens is 356 g/mol. The van der Waals surface area contributed by atoms with Crippen LogP contribution in [0.2, 0.25) is 0 Å². The minimum absolute atomic E-state index is 0.0574. The van der Waals surface area contributed by atoms with E-state index >= 15 is 0 Å². The van der Waals surface area contributed by atoms with Crippen LogP contribution in [0.3, 0.4) is 0 Å². The lowest BCUT2D eigenvalue weighted by Gasteiger charge is -2.06. The number of nitrogens with one attached hydrogen (secondary N) is 1. The second-order valence-electron chi connectivity index (χ2n) is 4.72. The van der Waals surface area contributed by atoms with Crippen LogP contribution in [0, 0.1) is 0 Å². The van der Waals surface area contributed by atoms with Crippen LogP contribution in [0.15, 0.2) is 12.1 Å². The highest BCUT2D eigenvalue weighted by atomic mass is 35.5. The molecule has 0 bridgehead atoms. The van der Waals surface area contributed by atoms with Gasteiger partial charge in [-0.15, -0.1) is 0 Å². The predicted octanol–water partition coefficient (Wildman–Crippen LogP) is 2.88. The molecule has 0 spiro atoms. The highest BCUT2D eigenvalue weighted by Crippen LogP contribution is 2.25. The number of hydrogen-bond acceptors (Lipinski definition) is 4. The molecule has 0 atom stereocenters. The van der Waals surface area contributed by atoms with E-state index in [0.717, 1.165) is 6.07 Å². The van der Waals surface area contributed by atoms with Crippen molar-refractivity contribution in [2.24, 2.45) is 0 Å². The molecule has 0 fully saturated rings.